The number of hydrogen-bond acceptors (Lipinski definition) is 6. The van der Waals surface area contributed by atoms with Crippen molar-refractivity contribution in [3.05, 3.63) is 125 Å². The van der Waals surface area contributed by atoms with Crippen LogP contribution in [0.2, 0.25) is 10.0 Å². The molecule has 1 atom stereocenters. The lowest BCUT2D eigenvalue weighted by molar-refractivity contribution is -0.138. The minimum absolute atomic E-state index is 0.00664. The summed E-state index contributed by atoms with van der Waals surface area (Å²) in [7, 11) is 0. The fourth-order valence-corrected chi connectivity index (χ4v) is 5.92. The molecule has 0 saturated carbocycles. The molecule has 1 aliphatic heterocycles. The van der Waals surface area contributed by atoms with E-state index < -0.39 is 23.4 Å². The van der Waals surface area contributed by atoms with Crippen LogP contribution in [0.3, 0.4) is 0 Å². The molecule has 1 aromatic heterocycles. The molecule has 0 saturated heterocycles. The van der Waals surface area contributed by atoms with Gasteiger partial charge in [-0.15, -0.1) is 11.3 Å². The zero-order chi connectivity index (χ0) is 28.4. The molecule has 5 rings (SSSR count). The predicted molar refractivity (Wildman–Crippen MR) is 160 cm³/mol. The summed E-state index contributed by atoms with van der Waals surface area (Å²) in [5, 5.41) is 3.95. The van der Waals surface area contributed by atoms with Gasteiger partial charge in [0.1, 0.15) is 10.5 Å². The fourth-order valence-electron chi connectivity index (χ4n) is 4.50. The van der Waals surface area contributed by atoms with Gasteiger partial charge in [-0.1, -0.05) is 65.7 Å². The van der Waals surface area contributed by atoms with Crippen LogP contribution in [-0.4, -0.2) is 23.1 Å². The standard InChI is InChI=1S/C30H23Cl2N3O4S/c1-2-39-30(38)24-23(18-10-14-20(32)15-11-18)25(27(36)34-21-6-4-3-5-7-21)29-35(26(24)33)28(37)22(40-29)16-17-8-12-19(31)13-9-17/h3-16,23H,2,33H2,1H3,(H,34,36)/b22-16+. The lowest BCUT2D eigenvalue weighted by Crippen LogP contribution is -2.42. The second-order valence-corrected chi connectivity index (χ2v) is 10.7. The topological polar surface area (TPSA) is 103 Å². The number of hydrogen-bond donors (Lipinski definition) is 2. The van der Waals surface area contributed by atoms with Gasteiger partial charge in [0.05, 0.1) is 28.2 Å². The van der Waals surface area contributed by atoms with E-state index in [0.29, 0.717) is 30.5 Å². The molecule has 1 aliphatic rings. The third-order valence-corrected chi connectivity index (χ3v) is 7.90. The van der Waals surface area contributed by atoms with Gasteiger partial charge in [-0.05, 0) is 60.5 Å². The summed E-state index contributed by atoms with van der Waals surface area (Å²) in [6.45, 7) is 1.75. The second-order valence-electron chi connectivity index (χ2n) is 8.85. The maximum atomic E-state index is 14.0. The Hall–Kier alpha value is -4.11. The van der Waals surface area contributed by atoms with Crippen LogP contribution in [0.25, 0.3) is 17.5 Å². The Kier molecular flexibility index (Phi) is 7.93. The SMILES string of the molecule is CCOC(=O)C1=C(N)n2c(s/c(=C/c3ccc(Cl)cc3)c2=O)=C(C(=O)Nc2ccccc2)C1c1ccc(Cl)cc1. The van der Waals surface area contributed by atoms with Crippen molar-refractivity contribution < 1.29 is 14.3 Å². The van der Waals surface area contributed by atoms with E-state index in [0.717, 1.165) is 16.9 Å². The normalized spacial score (nSPS) is 15.1. The highest BCUT2D eigenvalue weighted by Crippen LogP contribution is 2.38. The van der Waals surface area contributed by atoms with Crippen LogP contribution in [0.5, 0.6) is 0 Å². The number of carbonyl (C=O) groups is 2. The molecule has 0 bridgehead atoms. The van der Waals surface area contributed by atoms with E-state index in [-0.39, 0.29) is 23.6 Å². The highest BCUT2D eigenvalue weighted by Gasteiger charge is 2.39. The Balaban J connectivity index is 1.83. The number of aromatic nitrogens is 1. The first kappa shape index (κ1) is 27.5. The van der Waals surface area contributed by atoms with E-state index >= 15 is 0 Å². The van der Waals surface area contributed by atoms with E-state index in [9.17, 15) is 14.4 Å². The number of carbonyl (C=O) groups excluding carboxylic acids is 2. The molecule has 3 aromatic carbocycles. The Morgan fingerprint density at radius 3 is 2.23 bits per heavy atom. The summed E-state index contributed by atoms with van der Waals surface area (Å²) >= 11 is 13.3. The highest BCUT2D eigenvalue weighted by molar-refractivity contribution is 7.07. The molecule has 202 valence electrons. The predicted octanol–water partition coefficient (Wildman–Crippen LogP) is 4.32. The third kappa shape index (κ3) is 5.34. The molecule has 3 N–H and O–H groups in total. The molecule has 4 aromatic rings. The van der Waals surface area contributed by atoms with Gasteiger partial charge in [0.25, 0.3) is 11.5 Å². The average molecular weight is 593 g/mol. The molecule has 0 aliphatic carbocycles. The first-order chi connectivity index (χ1) is 19.3. The van der Waals surface area contributed by atoms with Crippen molar-refractivity contribution in [3.63, 3.8) is 0 Å². The molecule has 0 spiro atoms. The van der Waals surface area contributed by atoms with Gasteiger partial charge in [0, 0.05) is 15.7 Å². The number of nitrogens with one attached hydrogen (secondary N) is 1. The van der Waals surface area contributed by atoms with Gasteiger partial charge < -0.3 is 15.8 Å². The van der Waals surface area contributed by atoms with Crippen LogP contribution in [0.15, 0.2) is 89.2 Å². The lowest BCUT2D eigenvalue weighted by Gasteiger charge is -2.27. The fraction of sp³-hybridized carbons (Fsp3) is 0.100. The van der Waals surface area contributed by atoms with Crippen molar-refractivity contribution in [1.82, 2.24) is 4.57 Å². The zero-order valence-electron chi connectivity index (χ0n) is 21.2. The van der Waals surface area contributed by atoms with Crippen molar-refractivity contribution in [2.24, 2.45) is 5.73 Å². The number of nitrogens with two attached hydrogens (primary N) is 1. The van der Waals surface area contributed by atoms with Gasteiger partial charge in [-0.25, -0.2) is 4.79 Å². The van der Waals surface area contributed by atoms with Gasteiger partial charge in [0.15, 0.2) is 0 Å². The van der Waals surface area contributed by atoms with Crippen molar-refractivity contribution in [2.75, 3.05) is 11.9 Å². The quantitative estimate of drug-likeness (QED) is 0.325. The molecular weight excluding hydrogens is 569 g/mol. The maximum Gasteiger partial charge on any atom is 0.338 e. The van der Waals surface area contributed by atoms with E-state index in [2.05, 4.69) is 5.32 Å². The number of halogens is 2. The van der Waals surface area contributed by atoms with Crippen LogP contribution in [0, 0.1) is 0 Å². The minimum Gasteiger partial charge on any atom is -0.463 e. The van der Waals surface area contributed by atoms with Crippen molar-refractivity contribution in [2.45, 2.75) is 12.8 Å². The van der Waals surface area contributed by atoms with E-state index in [1.807, 2.05) is 6.07 Å². The zero-order valence-corrected chi connectivity index (χ0v) is 23.5. The largest absolute Gasteiger partial charge is 0.463 e. The van der Waals surface area contributed by atoms with Gasteiger partial charge >= 0.3 is 5.97 Å². The van der Waals surface area contributed by atoms with Gasteiger partial charge in [-0.2, -0.15) is 0 Å². The Bertz CT molecular complexity index is 1810. The number of esters is 1. The summed E-state index contributed by atoms with van der Waals surface area (Å²) in [4.78, 5) is 41.1. The second kappa shape index (κ2) is 11.6. The van der Waals surface area contributed by atoms with Crippen LogP contribution in [-0.2, 0) is 14.3 Å². The highest BCUT2D eigenvalue weighted by atomic mass is 35.5. The number of anilines is 1. The smallest absolute Gasteiger partial charge is 0.338 e. The summed E-state index contributed by atoms with van der Waals surface area (Å²) in [6.07, 6.45) is 1.69. The van der Waals surface area contributed by atoms with Gasteiger partial charge in [-0.3, -0.25) is 14.2 Å². The maximum absolute atomic E-state index is 14.0. The average Bonchev–Trinajstić information content (AvgIpc) is 3.26. The first-order valence-electron chi connectivity index (χ1n) is 12.3. The number of para-hydroxylation sites is 1. The number of rotatable bonds is 6. The van der Waals surface area contributed by atoms with Crippen LogP contribution < -0.4 is 25.8 Å². The first-order valence-corrected chi connectivity index (χ1v) is 13.9. The molecule has 0 radical (unpaired) electrons. The summed E-state index contributed by atoms with van der Waals surface area (Å²) in [5.41, 5.74) is 8.15. The molecular formula is C30H23Cl2N3O4S. The Morgan fingerprint density at radius 1 is 0.975 bits per heavy atom. The van der Waals surface area contributed by atoms with Crippen molar-refractivity contribution in [3.8, 4) is 0 Å². The molecule has 1 unspecified atom stereocenters. The molecule has 10 heteroatoms. The number of thiazole rings is 1. The van der Waals surface area contributed by atoms with E-state index in [1.54, 1.807) is 85.8 Å². The van der Waals surface area contributed by atoms with E-state index in [1.165, 1.54) is 4.57 Å². The number of amides is 1. The van der Waals surface area contributed by atoms with Crippen molar-refractivity contribution >= 4 is 69.6 Å². The lowest BCUT2D eigenvalue weighted by atomic mass is 9.82. The molecule has 40 heavy (non-hydrogen) atoms. The van der Waals surface area contributed by atoms with Gasteiger partial charge in [0.2, 0.25) is 0 Å². The molecule has 2 heterocycles. The van der Waals surface area contributed by atoms with E-state index in [4.69, 9.17) is 33.7 Å². The molecule has 7 nitrogen and oxygen atoms in total. The number of fused-ring (bicyclic) bond motifs is 1. The van der Waals surface area contributed by atoms with Crippen LogP contribution >= 0.6 is 34.5 Å². The third-order valence-electron chi connectivity index (χ3n) is 6.29. The Morgan fingerprint density at radius 2 is 1.60 bits per heavy atom. The molecule has 0 fully saturated rings. The summed E-state index contributed by atoms with van der Waals surface area (Å²) in [6, 6.07) is 22.7. The monoisotopic (exact) mass is 591 g/mol. The minimum atomic E-state index is -0.929. The number of nitrogens with zero attached hydrogens (tertiary/aromatic N) is 1. The summed E-state index contributed by atoms with van der Waals surface area (Å²) < 4.78 is 7.21. The number of ether oxygens (including phenoxy) is 1. The van der Waals surface area contributed by atoms with Crippen molar-refractivity contribution in [1.29, 1.82) is 0 Å². The summed E-state index contributed by atoms with van der Waals surface area (Å²) in [5.74, 6) is -2.24. The van der Waals surface area contributed by atoms with Crippen LogP contribution in [0.4, 0.5) is 5.69 Å². The molecule has 1 amide bonds. The number of benzene rings is 3. The Labute approximate surface area is 243 Å². The van der Waals surface area contributed by atoms with Crippen LogP contribution in [0.1, 0.15) is 24.0 Å².